The lowest BCUT2D eigenvalue weighted by atomic mass is 9.95. The lowest BCUT2D eigenvalue weighted by molar-refractivity contribution is 0.0839. The summed E-state index contributed by atoms with van der Waals surface area (Å²) in [6.45, 7) is 11.7. The normalized spacial score (nSPS) is 23.2. The van der Waals surface area contributed by atoms with E-state index in [2.05, 4.69) is 36.0 Å². The topological polar surface area (TPSA) is 61.3 Å². The number of aliphatic hydroxyl groups is 1. The van der Waals surface area contributed by atoms with Crippen LogP contribution >= 0.6 is 0 Å². The molecule has 1 aromatic heterocycles. The Balaban J connectivity index is 2.47. The molecule has 5 heteroatoms. The zero-order valence-electron chi connectivity index (χ0n) is 13.4. The molecule has 0 aromatic carbocycles. The fourth-order valence-corrected chi connectivity index (χ4v) is 2.52. The Kier molecular flexibility index (Phi) is 3.67. The zero-order chi connectivity index (χ0) is 15.1. The van der Waals surface area contributed by atoms with Gasteiger partial charge in [0.05, 0.1) is 5.60 Å². The third-order valence-electron chi connectivity index (χ3n) is 3.78. The summed E-state index contributed by atoms with van der Waals surface area (Å²) in [6, 6.07) is 0. The first-order chi connectivity index (χ1) is 9.14. The van der Waals surface area contributed by atoms with Gasteiger partial charge in [-0.25, -0.2) is 9.97 Å². The SMILES string of the molecule is CNc1nc(C(C)(C)C)nc(N2CCC(C)(O)C2)c1C. The summed E-state index contributed by atoms with van der Waals surface area (Å²) in [6.07, 6.45) is 0.774. The summed E-state index contributed by atoms with van der Waals surface area (Å²) in [4.78, 5) is 11.5. The van der Waals surface area contributed by atoms with Gasteiger partial charge in [0.2, 0.25) is 0 Å². The van der Waals surface area contributed by atoms with Crippen LogP contribution in [-0.2, 0) is 5.41 Å². The van der Waals surface area contributed by atoms with E-state index in [0.29, 0.717) is 6.54 Å². The molecule has 0 bridgehead atoms. The van der Waals surface area contributed by atoms with Crippen LogP contribution in [0.1, 0.15) is 45.5 Å². The monoisotopic (exact) mass is 278 g/mol. The Bertz CT molecular complexity index is 505. The summed E-state index contributed by atoms with van der Waals surface area (Å²) >= 11 is 0. The molecule has 2 rings (SSSR count). The van der Waals surface area contributed by atoms with E-state index in [1.54, 1.807) is 0 Å². The Morgan fingerprint density at radius 2 is 1.95 bits per heavy atom. The van der Waals surface area contributed by atoms with E-state index >= 15 is 0 Å². The summed E-state index contributed by atoms with van der Waals surface area (Å²) < 4.78 is 0. The van der Waals surface area contributed by atoms with Crippen molar-refractivity contribution in [1.29, 1.82) is 0 Å². The van der Waals surface area contributed by atoms with Crippen LogP contribution in [0.4, 0.5) is 11.6 Å². The highest BCUT2D eigenvalue weighted by molar-refractivity contribution is 5.59. The quantitative estimate of drug-likeness (QED) is 0.867. The van der Waals surface area contributed by atoms with Crippen molar-refractivity contribution in [3.05, 3.63) is 11.4 Å². The summed E-state index contributed by atoms with van der Waals surface area (Å²) in [5.41, 5.74) is 0.313. The summed E-state index contributed by atoms with van der Waals surface area (Å²) in [5, 5.41) is 13.3. The highest BCUT2D eigenvalue weighted by Crippen LogP contribution is 2.32. The van der Waals surface area contributed by atoms with Crippen molar-refractivity contribution in [1.82, 2.24) is 9.97 Å². The van der Waals surface area contributed by atoms with Gasteiger partial charge in [0.1, 0.15) is 17.5 Å². The third-order valence-corrected chi connectivity index (χ3v) is 3.78. The molecule has 1 aromatic rings. The van der Waals surface area contributed by atoms with E-state index in [9.17, 15) is 5.11 Å². The van der Waals surface area contributed by atoms with Crippen LogP contribution in [0.25, 0.3) is 0 Å². The second kappa shape index (κ2) is 4.88. The highest BCUT2D eigenvalue weighted by Gasteiger charge is 2.34. The van der Waals surface area contributed by atoms with Crippen LogP contribution in [-0.4, -0.2) is 40.8 Å². The van der Waals surface area contributed by atoms with Crippen molar-refractivity contribution < 1.29 is 5.11 Å². The smallest absolute Gasteiger partial charge is 0.138 e. The second-order valence-corrected chi connectivity index (χ2v) is 7.01. The molecule has 5 nitrogen and oxygen atoms in total. The molecule has 2 N–H and O–H groups in total. The number of nitrogens with zero attached hydrogens (tertiary/aromatic N) is 3. The number of hydrogen-bond acceptors (Lipinski definition) is 5. The molecule has 112 valence electrons. The standard InChI is InChI=1S/C15H26N4O/c1-10-11(16-6)17-13(14(2,3)4)18-12(10)19-8-7-15(5,20)9-19/h20H,7-9H2,1-6H3,(H,16,17,18). The molecule has 1 unspecified atom stereocenters. The van der Waals surface area contributed by atoms with Crippen molar-refractivity contribution >= 4 is 11.6 Å². The molecule has 0 saturated carbocycles. The van der Waals surface area contributed by atoms with Gasteiger partial charge in [0.25, 0.3) is 0 Å². The van der Waals surface area contributed by atoms with Crippen molar-refractivity contribution in [2.75, 3.05) is 30.4 Å². The molecule has 0 spiro atoms. The van der Waals surface area contributed by atoms with Crippen LogP contribution in [0.15, 0.2) is 0 Å². The largest absolute Gasteiger partial charge is 0.388 e. The van der Waals surface area contributed by atoms with Gasteiger partial charge in [0, 0.05) is 31.1 Å². The zero-order valence-corrected chi connectivity index (χ0v) is 13.4. The molecule has 1 atom stereocenters. The first-order valence-electron chi connectivity index (χ1n) is 7.18. The molecule has 0 aliphatic carbocycles. The average molecular weight is 278 g/mol. The molecule has 0 amide bonds. The van der Waals surface area contributed by atoms with Gasteiger partial charge < -0.3 is 15.3 Å². The van der Waals surface area contributed by atoms with E-state index in [1.165, 1.54) is 0 Å². The van der Waals surface area contributed by atoms with Gasteiger partial charge in [-0.3, -0.25) is 0 Å². The Morgan fingerprint density at radius 3 is 2.40 bits per heavy atom. The van der Waals surface area contributed by atoms with E-state index in [1.807, 2.05) is 20.9 Å². The van der Waals surface area contributed by atoms with Crippen molar-refractivity contribution in [3.63, 3.8) is 0 Å². The van der Waals surface area contributed by atoms with Crippen molar-refractivity contribution in [3.8, 4) is 0 Å². The van der Waals surface area contributed by atoms with Crippen LogP contribution < -0.4 is 10.2 Å². The van der Waals surface area contributed by atoms with Gasteiger partial charge in [-0.2, -0.15) is 0 Å². The number of β-amino-alcohol motifs (C(OH)–C–C–N with tert-alkyl or cyclic N) is 1. The van der Waals surface area contributed by atoms with Crippen LogP contribution in [0, 0.1) is 6.92 Å². The highest BCUT2D eigenvalue weighted by atomic mass is 16.3. The minimum atomic E-state index is -0.626. The predicted octanol–water partition coefficient (Wildman–Crippen LogP) is 2.09. The lowest BCUT2D eigenvalue weighted by Gasteiger charge is -2.26. The number of aromatic nitrogens is 2. The Hall–Kier alpha value is -1.36. The van der Waals surface area contributed by atoms with Crippen LogP contribution in [0.5, 0.6) is 0 Å². The van der Waals surface area contributed by atoms with Crippen molar-refractivity contribution in [2.45, 2.75) is 52.1 Å². The van der Waals surface area contributed by atoms with Gasteiger partial charge in [-0.15, -0.1) is 0 Å². The van der Waals surface area contributed by atoms with E-state index < -0.39 is 5.60 Å². The number of nitrogens with one attached hydrogen (secondary N) is 1. The molecule has 1 saturated heterocycles. The van der Waals surface area contributed by atoms with Crippen LogP contribution in [0.3, 0.4) is 0 Å². The average Bonchev–Trinajstić information content (AvgIpc) is 2.68. The molecule has 1 aliphatic heterocycles. The molecule has 0 radical (unpaired) electrons. The molecular formula is C15H26N4O. The Labute approximate surface area is 121 Å². The minimum absolute atomic E-state index is 0.101. The van der Waals surface area contributed by atoms with Gasteiger partial charge >= 0.3 is 0 Å². The number of anilines is 2. The van der Waals surface area contributed by atoms with E-state index in [0.717, 1.165) is 36.0 Å². The molecule has 20 heavy (non-hydrogen) atoms. The van der Waals surface area contributed by atoms with E-state index in [-0.39, 0.29) is 5.41 Å². The van der Waals surface area contributed by atoms with E-state index in [4.69, 9.17) is 4.98 Å². The minimum Gasteiger partial charge on any atom is -0.388 e. The fraction of sp³-hybridized carbons (Fsp3) is 0.733. The number of rotatable bonds is 2. The predicted molar refractivity (Wildman–Crippen MR) is 82.5 cm³/mol. The molecular weight excluding hydrogens is 252 g/mol. The van der Waals surface area contributed by atoms with Gasteiger partial charge in [-0.05, 0) is 20.3 Å². The van der Waals surface area contributed by atoms with Crippen LogP contribution in [0.2, 0.25) is 0 Å². The maximum atomic E-state index is 10.2. The van der Waals surface area contributed by atoms with Gasteiger partial charge in [-0.1, -0.05) is 20.8 Å². The number of hydrogen-bond donors (Lipinski definition) is 2. The third kappa shape index (κ3) is 2.87. The van der Waals surface area contributed by atoms with Gasteiger partial charge in [0.15, 0.2) is 0 Å². The molecule has 2 heterocycles. The summed E-state index contributed by atoms with van der Waals surface area (Å²) in [7, 11) is 1.88. The van der Waals surface area contributed by atoms with Crippen molar-refractivity contribution in [2.24, 2.45) is 0 Å². The first kappa shape index (κ1) is 15.0. The molecule has 1 aliphatic rings. The second-order valence-electron chi connectivity index (χ2n) is 7.01. The maximum absolute atomic E-state index is 10.2. The lowest BCUT2D eigenvalue weighted by Crippen LogP contribution is -2.31. The molecule has 1 fully saturated rings. The Morgan fingerprint density at radius 1 is 1.30 bits per heavy atom. The fourth-order valence-electron chi connectivity index (χ4n) is 2.52. The first-order valence-corrected chi connectivity index (χ1v) is 7.18. The maximum Gasteiger partial charge on any atom is 0.138 e. The summed E-state index contributed by atoms with van der Waals surface area (Å²) in [5.74, 6) is 2.63.